The smallest absolute Gasteiger partial charge is 0.104 e. The van der Waals surface area contributed by atoms with Crippen LogP contribution in [0.3, 0.4) is 0 Å². The van der Waals surface area contributed by atoms with Crippen molar-refractivity contribution in [2.75, 3.05) is 0 Å². The summed E-state index contributed by atoms with van der Waals surface area (Å²) < 4.78 is 0. The molecule has 1 aromatic carbocycles. The maximum absolute atomic E-state index is 4.27. The Labute approximate surface area is 104 Å². The standard InChI is InChI=1S/C14H21N3/c1-11-6-7-13(8-12(11)2)9-16-17-10-15-14(3,4)5/h6-10H,1-5H3,(H,15,17)/b16-9+. The van der Waals surface area contributed by atoms with E-state index >= 15 is 0 Å². The molecule has 0 aliphatic rings. The highest BCUT2D eigenvalue weighted by Gasteiger charge is 2.03. The Morgan fingerprint density at radius 3 is 2.41 bits per heavy atom. The molecule has 0 aromatic heterocycles. The average Bonchev–Trinajstić information content (AvgIpc) is 2.21. The zero-order chi connectivity index (χ0) is 12.9. The second kappa shape index (κ2) is 5.62. The normalized spacial score (nSPS) is 12.5. The van der Waals surface area contributed by atoms with Crippen molar-refractivity contribution in [1.29, 1.82) is 0 Å². The second-order valence-corrected chi connectivity index (χ2v) is 5.16. The lowest BCUT2D eigenvalue weighted by atomic mass is 10.1. The van der Waals surface area contributed by atoms with Gasteiger partial charge in [0.25, 0.3) is 0 Å². The first-order valence-electron chi connectivity index (χ1n) is 5.78. The van der Waals surface area contributed by atoms with Crippen LogP contribution in [0.1, 0.15) is 37.5 Å². The van der Waals surface area contributed by atoms with E-state index < -0.39 is 0 Å². The van der Waals surface area contributed by atoms with E-state index in [-0.39, 0.29) is 5.54 Å². The lowest BCUT2D eigenvalue weighted by molar-refractivity contribution is 0.583. The molecule has 0 aliphatic carbocycles. The molecule has 0 heterocycles. The van der Waals surface area contributed by atoms with Gasteiger partial charge >= 0.3 is 0 Å². The van der Waals surface area contributed by atoms with Gasteiger partial charge in [0.15, 0.2) is 0 Å². The summed E-state index contributed by atoms with van der Waals surface area (Å²) in [7, 11) is 0. The van der Waals surface area contributed by atoms with Gasteiger partial charge in [0.05, 0.1) is 11.8 Å². The van der Waals surface area contributed by atoms with Gasteiger partial charge in [0, 0.05) is 0 Å². The Balaban J connectivity index is 2.54. The van der Waals surface area contributed by atoms with E-state index in [4.69, 9.17) is 0 Å². The average molecular weight is 231 g/mol. The van der Waals surface area contributed by atoms with Crippen molar-refractivity contribution in [2.45, 2.75) is 40.2 Å². The van der Waals surface area contributed by atoms with Gasteiger partial charge in [-0.05, 0) is 51.3 Å². The van der Waals surface area contributed by atoms with Crippen LogP contribution < -0.4 is 5.43 Å². The van der Waals surface area contributed by atoms with E-state index in [2.05, 4.69) is 47.6 Å². The monoisotopic (exact) mass is 231 g/mol. The summed E-state index contributed by atoms with van der Waals surface area (Å²) in [5, 5.41) is 4.09. The van der Waals surface area contributed by atoms with E-state index in [9.17, 15) is 0 Å². The van der Waals surface area contributed by atoms with Gasteiger partial charge in [-0.25, -0.2) is 0 Å². The number of nitrogens with one attached hydrogen (secondary N) is 1. The molecular formula is C14H21N3. The Bertz CT molecular complexity index is 426. The number of benzene rings is 1. The van der Waals surface area contributed by atoms with Crippen LogP contribution in [0, 0.1) is 13.8 Å². The SMILES string of the molecule is Cc1ccc(/C=N/NC=NC(C)(C)C)cc1C. The maximum Gasteiger partial charge on any atom is 0.104 e. The zero-order valence-corrected chi connectivity index (χ0v) is 11.3. The molecule has 0 spiro atoms. The molecule has 0 amide bonds. The third-order valence-corrected chi connectivity index (χ3v) is 2.33. The zero-order valence-electron chi connectivity index (χ0n) is 11.3. The Morgan fingerprint density at radius 1 is 1.12 bits per heavy atom. The minimum atomic E-state index is -0.0665. The van der Waals surface area contributed by atoms with Crippen molar-refractivity contribution in [2.24, 2.45) is 10.1 Å². The summed E-state index contributed by atoms with van der Waals surface area (Å²) in [5.41, 5.74) is 6.39. The molecule has 0 aliphatic heterocycles. The van der Waals surface area contributed by atoms with Gasteiger partial charge in [-0.2, -0.15) is 5.10 Å². The van der Waals surface area contributed by atoms with E-state index in [1.165, 1.54) is 11.1 Å². The topological polar surface area (TPSA) is 36.8 Å². The van der Waals surface area contributed by atoms with Crippen molar-refractivity contribution >= 4 is 12.6 Å². The lowest BCUT2D eigenvalue weighted by Gasteiger charge is -2.09. The predicted octanol–water partition coefficient (Wildman–Crippen LogP) is 3.05. The number of nitrogens with zero attached hydrogens (tertiary/aromatic N) is 2. The van der Waals surface area contributed by atoms with E-state index in [1.54, 1.807) is 12.6 Å². The molecule has 92 valence electrons. The minimum Gasteiger partial charge on any atom is -0.268 e. The number of rotatable bonds is 3. The second-order valence-electron chi connectivity index (χ2n) is 5.16. The molecule has 0 saturated carbocycles. The van der Waals surface area contributed by atoms with Crippen LogP contribution in [-0.2, 0) is 0 Å². The van der Waals surface area contributed by atoms with Crippen molar-refractivity contribution < 1.29 is 0 Å². The molecule has 0 saturated heterocycles. The Morgan fingerprint density at radius 2 is 1.82 bits per heavy atom. The molecule has 3 heteroatoms. The van der Waals surface area contributed by atoms with Crippen molar-refractivity contribution in [3.63, 3.8) is 0 Å². The fourth-order valence-electron chi connectivity index (χ4n) is 1.21. The fourth-order valence-corrected chi connectivity index (χ4v) is 1.21. The first-order valence-corrected chi connectivity index (χ1v) is 5.78. The summed E-state index contributed by atoms with van der Waals surface area (Å²) in [6, 6.07) is 6.26. The Kier molecular flexibility index (Phi) is 4.44. The van der Waals surface area contributed by atoms with Gasteiger partial charge < -0.3 is 0 Å². The molecule has 1 rings (SSSR count). The molecule has 0 atom stereocenters. The lowest BCUT2D eigenvalue weighted by Crippen LogP contribution is -2.13. The van der Waals surface area contributed by atoms with E-state index in [0.29, 0.717) is 0 Å². The predicted molar refractivity (Wildman–Crippen MR) is 74.9 cm³/mol. The van der Waals surface area contributed by atoms with Crippen LogP contribution in [-0.4, -0.2) is 18.1 Å². The van der Waals surface area contributed by atoms with Crippen LogP contribution in [0.15, 0.2) is 28.3 Å². The van der Waals surface area contributed by atoms with Crippen LogP contribution >= 0.6 is 0 Å². The van der Waals surface area contributed by atoms with Gasteiger partial charge in [0.1, 0.15) is 6.34 Å². The van der Waals surface area contributed by atoms with Crippen molar-refractivity contribution in [3.05, 3.63) is 34.9 Å². The molecule has 1 N–H and O–H groups in total. The number of aliphatic imine (C=N–C) groups is 1. The molecule has 17 heavy (non-hydrogen) atoms. The van der Waals surface area contributed by atoms with Gasteiger partial charge in [-0.15, -0.1) is 0 Å². The highest BCUT2D eigenvalue weighted by atomic mass is 15.3. The van der Waals surface area contributed by atoms with Crippen LogP contribution in [0.4, 0.5) is 0 Å². The van der Waals surface area contributed by atoms with Crippen molar-refractivity contribution in [1.82, 2.24) is 5.43 Å². The number of hydrazone groups is 1. The molecular weight excluding hydrogens is 210 g/mol. The minimum absolute atomic E-state index is 0.0665. The first kappa shape index (κ1) is 13.4. The summed E-state index contributed by atoms with van der Waals surface area (Å²) in [6.45, 7) is 10.3. The van der Waals surface area contributed by atoms with Crippen LogP contribution in [0.5, 0.6) is 0 Å². The van der Waals surface area contributed by atoms with Crippen LogP contribution in [0.25, 0.3) is 0 Å². The molecule has 0 fully saturated rings. The van der Waals surface area contributed by atoms with E-state index in [1.807, 2.05) is 20.8 Å². The van der Waals surface area contributed by atoms with Gasteiger partial charge in [-0.3, -0.25) is 10.4 Å². The van der Waals surface area contributed by atoms with E-state index in [0.717, 1.165) is 5.56 Å². The van der Waals surface area contributed by atoms with Gasteiger partial charge in [-0.1, -0.05) is 18.2 Å². The molecule has 0 radical (unpaired) electrons. The summed E-state index contributed by atoms with van der Waals surface area (Å²) in [4.78, 5) is 4.27. The molecule has 0 bridgehead atoms. The molecule has 0 unspecified atom stereocenters. The maximum atomic E-state index is 4.27. The number of aryl methyl sites for hydroxylation is 2. The van der Waals surface area contributed by atoms with Gasteiger partial charge in [0.2, 0.25) is 0 Å². The molecule has 3 nitrogen and oxygen atoms in total. The van der Waals surface area contributed by atoms with Crippen molar-refractivity contribution in [3.8, 4) is 0 Å². The largest absolute Gasteiger partial charge is 0.268 e. The third-order valence-electron chi connectivity index (χ3n) is 2.33. The quantitative estimate of drug-likeness (QED) is 0.484. The first-order chi connectivity index (χ1) is 7.88. The highest BCUT2D eigenvalue weighted by molar-refractivity contribution is 5.80. The summed E-state index contributed by atoms with van der Waals surface area (Å²) >= 11 is 0. The highest BCUT2D eigenvalue weighted by Crippen LogP contribution is 2.07. The number of hydrogen-bond acceptors (Lipinski definition) is 2. The Hall–Kier alpha value is -1.64. The fraction of sp³-hybridized carbons (Fsp3) is 0.429. The van der Waals surface area contributed by atoms with Crippen LogP contribution in [0.2, 0.25) is 0 Å². The molecule has 1 aromatic rings. The summed E-state index contributed by atoms with van der Waals surface area (Å²) in [5.74, 6) is 0. The third kappa shape index (κ3) is 5.29. The summed E-state index contributed by atoms with van der Waals surface area (Å²) in [6.07, 6.45) is 3.42. The number of hydrogen-bond donors (Lipinski definition) is 1.